The van der Waals surface area contributed by atoms with Crippen molar-refractivity contribution in [3.63, 3.8) is 0 Å². The van der Waals surface area contributed by atoms with Crippen LogP contribution in [0.4, 0.5) is 11.4 Å². The number of anilines is 1. The van der Waals surface area contributed by atoms with E-state index < -0.39 is 4.92 Å². The van der Waals surface area contributed by atoms with Crippen molar-refractivity contribution in [2.75, 3.05) is 25.7 Å². The molecule has 0 unspecified atom stereocenters. The lowest BCUT2D eigenvalue weighted by Crippen LogP contribution is -2.23. The van der Waals surface area contributed by atoms with Crippen LogP contribution in [0, 0.1) is 10.1 Å². The van der Waals surface area contributed by atoms with Crippen LogP contribution in [-0.2, 0) is 22.6 Å². The summed E-state index contributed by atoms with van der Waals surface area (Å²) in [5, 5.41) is 14.1. The quantitative estimate of drug-likeness (QED) is 0.395. The fraction of sp³-hybridized carbons (Fsp3) is 0.348. The van der Waals surface area contributed by atoms with Gasteiger partial charge in [-0.15, -0.1) is 0 Å². The van der Waals surface area contributed by atoms with Crippen LogP contribution in [-0.4, -0.2) is 42.2 Å². The number of fused-ring (bicyclic) bond motifs is 1. The predicted molar refractivity (Wildman–Crippen MR) is 117 cm³/mol. The van der Waals surface area contributed by atoms with Crippen molar-refractivity contribution in [1.82, 2.24) is 4.90 Å². The minimum Gasteiger partial charge on any atom is -0.467 e. The number of likely N-dealkylation sites (N-methyl/N-ethyl adjacent to an activating group) is 1. The van der Waals surface area contributed by atoms with E-state index in [4.69, 9.17) is 9.47 Å². The third-order valence-electron chi connectivity index (χ3n) is 5.47. The Kier molecular flexibility index (Phi) is 6.29. The highest BCUT2D eigenvalue weighted by molar-refractivity contribution is 6.02. The van der Waals surface area contributed by atoms with Gasteiger partial charge in [0, 0.05) is 47.6 Å². The second-order valence-corrected chi connectivity index (χ2v) is 7.88. The number of hydrogen-bond acceptors (Lipinski definition) is 6. The zero-order chi connectivity index (χ0) is 21.8. The molecule has 8 nitrogen and oxygen atoms in total. The van der Waals surface area contributed by atoms with E-state index in [9.17, 15) is 14.9 Å². The maximum Gasteiger partial charge on any atom is 0.270 e. The van der Waals surface area contributed by atoms with Gasteiger partial charge in [0.2, 0.25) is 5.91 Å². The van der Waals surface area contributed by atoms with Gasteiger partial charge in [-0.25, -0.2) is 0 Å². The first-order chi connectivity index (χ1) is 15.0. The molecule has 1 N–H and O–H groups in total. The van der Waals surface area contributed by atoms with E-state index in [0.29, 0.717) is 22.6 Å². The molecule has 1 heterocycles. The molecule has 2 aromatic rings. The Bertz CT molecular complexity index is 1020. The summed E-state index contributed by atoms with van der Waals surface area (Å²) in [4.78, 5) is 25.5. The summed E-state index contributed by atoms with van der Waals surface area (Å²) < 4.78 is 10.7. The lowest BCUT2D eigenvalue weighted by atomic mass is 10.1. The molecule has 1 aliphatic heterocycles. The largest absolute Gasteiger partial charge is 0.467 e. The standard InChI is InChI=1S/C23H25N3O5/c1-25(20-6-7-20)10-9-16-3-2-4-19(11-16)24-22(27)8-5-17-12-21(26(28)29)13-18-14-30-15-31-23(17)18/h2-5,8,11-13,20H,6-7,9-10,14-15H2,1H3,(H,24,27). The average Bonchev–Trinajstić information content (AvgIpc) is 3.61. The molecule has 2 aromatic carbocycles. The van der Waals surface area contributed by atoms with Crippen molar-refractivity contribution >= 4 is 23.4 Å². The van der Waals surface area contributed by atoms with Gasteiger partial charge in [0.1, 0.15) is 5.75 Å². The number of nitro groups is 1. The average molecular weight is 423 g/mol. The highest BCUT2D eigenvalue weighted by Crippen LogP contribution is 2.33. The smallest absolute Gasteiger partial charge is 0.270 e. The topological polar surface area (TPSA) is 93.9 Å². The fourth-order valence-electron chi connectivity index (χ4n) is 3.62. The summed E-state index contributed by atoms with van der Waals surface area (Å²) >= 11 is 0. The minimum atomic E-state index is -0.474. The first-order valence-corrected chi connectivity index (χ1v) is 10.3. The molecule has 0 radical (unpaired) electrons. The Morgan fingerprint density at radius 1 is 1.32 bits per heavy atom. The number of nitrogens with zero attached hydrogens (tertiary/aromatic N) is 2. The van der Waals surface area contributed by atoms with Crippen molar-refractivity contribution in [1.29, 1.82) is 0 Å². The lowest BCUT2D eigenvalue weighted by molar-refractivity contribution is -0.385. The Morgan fingerprint density at radius 3 is 2.94 bits per heavy atom. The summed E-state index contributed by atoms with van der Waals surface area (Å²) in [7, 11) is 2.15. The maximum absolute atomic E-state index is 12.4. The summed E-state index contributed by atoms with van der Waals surface area (Å²) in [6.45, 7) is 1.29. The number of ether oxygens (including phenoxy) is 2. The molecule has 0 saturated heterocycles. The number of benzene rings is 2. The highest BCUT2D eigenvalue weighted by atomic mass is 16.7. The molecule has 8 heteroatoms. The Balaban J connectivity index is 1.42. The number of hydrogen-bond donors (Lipinski definition) is 1. The number of amides is 1. The molecule has 1 fully saturated rings. The SMILES string of the molecule is CN(CCc1cccc(NC(=O)C=Cc2cc([N+](=O)[O-])cc3c2OCOC3)c1)C1CC1. The van der Waals surface area contributed by atoms with E-state index in [1.807, 2.05) is 18.2 Å². The fourth-order valence-corrected chi connectivity index (χ4v) is 3.62. The van der Waals surface area contributed by atoms with Crippen molar-refractivity contribution < 1.29 is 19.2 Å². The molecule has 0 aromatic heterocycles. The number of carbonyl (C=O) groups excluding carboxylic acids is 1. The van der Waals surface area contributed by atoms with Crippen LogP contribution in [0.15, 0.2) is 42.5 Å². The molecule has 0 spiro atoms. The first kappa shape index (κ1) is 21.0. The van der Waals surface area contributed by atoms with Gasteiger partial charge >= 0.3 is 0 Å². The molecule has 2 aliphatic rings. The molecule has 1 saturated carbocycles. The summed E-state index contributed by atoms with van der Waals surface area (Å²) in [5.41, 5.74) is 2.86. The van der Waals surface area contributed by atoms with Gasteiger partial charge in [-0.1, -0.05) is 12.1 Å². The van der Waals surface area contributed by atoms with Crippen LogP contribution in [0.2, 0.25) is 0 Å². The number of rotatable bonds is 8. The normalized spacial score (nSPS) is 15.5. The monoisotopic (exact) mass is 423 g/mol. The summed E-state index contributed by atoms with van der Waals surface area (Å²) in [6, 6.07) is 11.3. The van der Waals surface area contributed by atoms with E-state index in [1.165, 1.54) is 37.1 Å². The Hall–Kier alpha value is -3.23. The van der Waals surface area contributed by atoms with Crippen LogP contribution in [0.1, 0.15) is 29.5 Å². The van der Waals surface area contributed by atoms with E-state index in [2.05, 4.69) is 23.3 Å². The predicted octanol–water partition coefficient (Wildman–Crippen LogP) is 3.75. The number of nitrogens with one attached hydrogen (secondary N) is 1. The van der Waals surface area contributed by atoms with Crippen LogP contribution >= 0.6 is 0 Å². The summed E-state index contributed by atoms with van der Waals surface area (Å²) in [6.07, 6.45) is 6.37. The van der Waals surface area contributed by atoms with Gasteiger partial charge < -0.3 is 19.7 Å². The van der Waals surface area contributed by atoms with Crippen molar-refractivity contribution in [3.05, 3.63) is 69.3 Å². The number of nitro benzene ring substituents is 1. The van der Waals surface area contributed by atoms with Gasteiger partial charge in [-0.3, -0.25) is 14.9 Å². The lowest BCUT2D eigenvalue weighted by Gasteiger charge is -2.19. The molecular weight excluding hydrogens is 398 g/mol. The van der Waals surface area contributed by atoms with E-state index in [-0.39, 0.29) is 25.0 Å². The number of non-ortho nitro benzene ring substituents is 1. The van der Waals surface area contributed by atoms with E-state index in [0.717, 1.165) is 24.6 Å². The molecule has 1 aliphatic carbocycles. The van der Waals surface area contributed by atoms with Gasteiger partial charge in [0.15, 0.2) is 6.79 Å². The number of carbonyl (C=O) groups is 1. The van der Waals surface area contributed by atoms with Crippen LogP contribution in [0.5, 0.6) is 5.75 Å². The molecular formula is C23H25N3O5. The second-order valence-electron chi connectivity index (χ2n) is 7.88. The van der Waals surface area contributed by atoms with Crippen molar-refractivity contribution in [3.8, 4) is 5.75 Å². The van der Waals surface area contributed by atoms with E-state index >= 15 is 0 Å². The van der Waals surface area contributed by atoms with Gasteiger partial charge in [-0.05, 0) is 50.1 Å². The molecule has 162 valence electrons. The van der Waals surface area contributed by atoms with Gasteiger partial charge in [0.25, 0.3) is 5.69 Å². The molecule has 4 rings (SSSR count). The highest BCUT2D eigenvalue weighted by Gasteiger charge is 2.25. The van der Waals surface area contributed by atoms with Gasteiger partial charge in [-0.2, -0.15) is 0 Å². The zero-order valence-electron chi connectivity index (χ0n) is 17.4. The molecule has 31 heavy (non-hydrogen) atoms. The molecule has 1 amide bonds. The van der Waals surface area contributed by atoms with Crippen molar-refractivity contribution in [2.45, 2.75) is 31.9 Å². The third-order valence-corrected chi connectivity index (χ3v) is 5.47. The minimum absolute atomic E-state index is 0.0700. The molecule has 0 bridgehead atoms. The first-order valence-electron chi connectivity index (χ1n) is 10.3. The maximum atomic E-state index is 12.4. The van der Waals surface area contributed by atoms with Crippen LogP contribution in [0.25, 0.3) is 6.08 Å². The van der Waals surface area contributed by atoms with Gasteiger partial charge in [0.05, 0.1) is 11.5 Å². The van der Waals surface area contributed by atoms with E-state index in [1.54, 1.807) is 0 Å². The zero-order valence-corrected chi connectivity index (χ0v) is 17.4. The Labute approximate surface area is 180 Å². The third kappa shape index (κ3) is 5.48. The van der Waals surface area contributed by atoms with Crippen molar-refractivity contribution in [2.24, 2.45) is 0 Å². The van der Waals surface area contributed by atoms with Crippen LogP contribution in [0.3, 0.4) is 0 Å². The summed E-state index contributed by atoms with van der Waals surface area (Å²) in [5.74, 6) is 0.183. The second kappa shape index (κ2) is 9.28. The van der Waals surface area contributed by atoms with Crippen LogP contribution < -0.4 is 10.1 Å². The Morgan fingerprint density at radius 2 is 2.16 bits per heavy atom. The molecule has 0 atom stereocenters.